The third-order valence-electron chi connectivity index (χ3n) is 20.0. The molecule has 4 N–H and O–H groups in total. The molecule has 0 aliphatic rings. The van der Waals surface area contributed by atoms with Gasteiger partial charge in [0, 0.05) is 19.3 Å². The average Bonchev–Trinajstić information content (AvgIpc) is 0.896. The zero-order valence-corrected chi connectivity index (χ0v) is 79.1. The van der Waals surface area contributed by atoms with Gasteiger partial charge in [-0.3, -0.25) is 32.5 Å². The van der Waals surface area contributed by atoms with Crippen LogP contribution in [0.4, 0.5) is 0 Å². The SMILES string of the molecule is CC/C=C\C/C=C\C/C=C\C/C=C\C/C=C\C/C=C\CCCCCCCCCCCCC(=O)OCC(O)COP(=O)(O)OCC(O)COP(=O)(O)OCC(COC(=O)CCCCCCCCCCCC/C=C\C/C=C\C/C=C\C/C=C\C/C=C\C/C=C\CC)OC(=O)CCCCCCCCCCCCCCC/C=C\C/C=C\C/C=C\C/C=C\C/C=C\CC. The lowest BCUT2D eigenvalue weighted by atomic mass is 10.0. The Bertz CT molecular complexity index is 3070. The third-order valence-corrected chi connectivity index (χ3v) is 21.9. The fourth-order valence-corrected chi connectivity index (χ4v) is 14.4. The van der Waals surface area contributed by atoms with Crippen molar-refractivity contribution >= 4 is 33.6 Å². The van der Waals surface area contributed by atoms with Gasteiger partial charge in [0.2, 0.25) is 0 Å². The van der Waals surface area contributed by atoms with Crippen LogP contribution in [0.2, 0.25) is 0 Å². The normalized spacial score (nSPS) is 14.6. The topological polar surface area (TPSA) is 231 Å². The zero-order valence-electron chi connectivity index (χ0n) is 77.3. The van der Waals surface area contributed by atoms with Gasteiger partial charge in [-0.15, -0.1) is 0 Å². The maximum atomic E-state index is 13.1. The van der Waals surface area contributed by atoms with Crippen LogP contribution in [0.25, 0.3) is 0 Å². The van der Waals surface area contributed by atoms with Crippen LogP contribution in [-0.4, -0.2) is 95.9 Å². The smallest absolute Gasteiger partial charge is 0.463 e. The van der Waals surface area contributed by atoms with Crippen molar-refractivity contribution in [1.29, 1.82) is 0 Å². The highest BCUT2D eigenvalue weighted by Crippen LogP contribution is 2.45. The predicted molar refractivity (Wildman–Crippen MR) is 518 cm³/mol. The largest absolute Gasteiger partial charge is 0.472 e. The second-order valence-electron chi connectivity index (χ2n) is 31.7. The highest BCUT2D eigenvalue weighted by Gasteiger charge is 2.30. The first-order chi connectivity index (χ1) is 60.2. The standard InChI is InChI=1S/C105H174O16P2/c1-4-7-10-13-16-19-22-25-28-31-34-37-40-43-46-49-52-55-58-61-64-67-70-73-76-79-82-85-88-91-103(108)115-94-100(106)95-117-122(111,112)118-96-101(107)97-119-123(113,114)120-99-102(121-105(110)93-90-87-84-81-78-75-72-69-66-63-60-57-54-51-48-45-42-39-36-33-30-27-24-21-18-15-12-9-6-3)98-116-104(109)92-89-86-83-80-77-74-71-68-65-62-59-56-53-50-47-44-41-38-35-32-29-26-23-20-17-14-11-8-5-2/h7-12,16-21,25-30,34-39,43-48,52-53,55-56,100-102,106-107H,4-6,13-15,22-24,31-33,40-42,49-51,54,57-99H2,1-3H3,(H,111,112)(H,113,114)/b10-7-,11-8-,12-9-,19-16-,20-17-,21-18-,28-25-,29-26-,30-27-,37-34-,38-35-,39-36-,46-43-,47-44-,48-45-,55-52-,56-53-. The summed E-state index contributed by atoms with van der Waals surface area (Å²) in [6.45, 7) is 2.37. The Balaban J connectivity index is 4.70. The average molecular weight is 1750 g/mol. The summed E-state index contributed by atoms with van der Waals surface area (Å²) in [5, 5.41) is 20.8. The van der Waals surface area contributed by atoms with Crippen molar-refractivity contribution in [2.45, 2.75) is 399 Å². The van der Waals surface area contributed by atoms with E-state index < -0.39 is 91.5 Å². The molecule has 0 saturated heterocycles. The van der Waals surface area contributed by atoms with Gasteiger partial charge < -0.3 is 34.2 Å². The fourth-order valence-electron chi connectivity index (χ4n) is 12.8. The van der Waals surface area contributed by atoms with Crippen molar-refractivity contribution in [2.75, 3.05) is 39.6 Å². The van der Waals surface area contributed by atoms with E-state index in [0.717, 1.165) is 205 Å². The minimum Gasteiger partial charge on any atom is -0.463 e. The molecule has 5 unspecified atom stereocenters. The Hall–Kier alpha value is -5.87. The van der Waals surface area contributed by atoms with Crippen LogP contribution < -0.4 is 0 Å². The molecular formula is C105H174O16P2. The molecule has 5 atom stereocenters. The summed E-state index contributed by atoms with van der Waals surface area (Å²) in [5.74, 6) is -1.58. The molecule has 700 valence electrons. The summed E-state index contributed by atoms with van der Waals surface area (Å²) in [6, 6.07) is 0. The van der Waals surface area contributed by atoms with Crippen LogP contribution in [-0.2, 0) is 55.8 Å². The third kappa shape index (κ3) is 96.6. The molecule has 16 nitrogen and oxygen atoms in total. The zero-order chi connectivity index (χ0) is 89.3. The van der Waals surface area contributed by atoms with Gasteiger partial charge >= 0.3 is 33.6 Å². The molecule has 0 amide bonds. The second kappa shape index (κ2) is 95.2. The fraction of sp³-hybridized carbons (Fsp3) is 0.648. The van der Waals surface area contributed by atoms with Crippen molar-refractivity contribution < 1.29 is 75.8 Å². The summed E-state index contributed by atoms with van der Waals surface area (Å²) in [5.41, 5.74) is 0. The number of rotatable bonds is 90. The summed E-state index contributed by atoms with van der Waals surface area (Å²) in [4.78, 5) is 59.2. The number of unbranched alkanes of at least 4 members (excludes halogenated alkanes) is 33. The van der Waals surface area contributed by atoms with Crippen molar-refractivity contribution in [3.63, 3.8) is 0 Å². The minimum atomic E-state index is -4.95. The number of allylic oxidation sites excluding steroid dienone is 34. The highest BCUT2D eigenvalue weighted by atomic mass is 31.2. The lowest BCUT2D eigenvalue weighted by molar-refractivity contribution is -0.161. The molecule has 0 aliphatic carbocycles. The Kier molecular flexibility index (Phi) is 90.7. The van der Waals surface area contributed by atoms with Crippen molar-refractivity contribution in [3.05, 3.63) is 207 Å². The summed E-state index contributed by atoms with van der Waals surface area (Å²) in [6.07, 6.45) is 129. The highest BCUT2D eigenvalue weighted by molar-refractivity contribution is 7.47. The number of carbonyl (C=O) groups excluding carboxylic acids is 3. The van der Waals surface area contributed by atoms with Gasteiger partial charge in [-0.25, -0.2) is 9.13 Å². The quantitative estimate of drug-likeness (QED) is 0.0146. The molecule has 0 aromatic heterocycles. The van der Waals surface area contributed by atoms with E-state index in [-0.39, 0.29) is 19.3 Å². The van der Waals surface area contributed by atoms with Gasteiger partial charge in [0.05, 0.1) is 26.4 Å². The van der Waals surface area contributed by atoms with Gasteiger partial charge in [0.25, 0.3) is 0 Å². The van der Waals surface area contributed by atoms with Gasteiger partial charge in [-0.2, -0.15) is 0 Å². The number of ether oxygens (including phenoxy) is 3. The number of aliphatic hydroxyl groups excluding tert-OH is 2. The number of esters is 3. The van der Waals surface area contributed by atoms with E-state index in [0.29, 0.717) is 19.3 Å². The first-order valence-corrected chi connectivity index (χ1v) is 51.4. The number of phosphoric acid groups is 2. The number of hydrogen-bond acceptors (Lipinski definition) is 14. The summed E-state index contributed by atoms with van der Waals surface area (Å²) in [7, 11) is -9.83. The molecule has 0 aliphatic heterocycles. The van der Waals surface area contributed by atoms with Crippen molar-refractivity contribution in [1.82, 2.24) is 0 Å². The first-order valence-electron chi connectivity index (χ1n) is 48.4. The molecule has 0 rings (SSSR count). The molecule has 0 fully saturated rings. The van der Waals surface area contributed by atoms with Crippen LogP contribution in [0.3, 0.4) is 0 Å². The number of hydrogen-bond donors (Lipinski definition) is 4. The molecule has 18 heteroatoms. The van der Waals surface area contributed by atoms with Crippen LogP contribution >= 0.6 is 15.6 Å². The predicted octanol–water partition coefficient (Wildman–Crippen LogP) is 30.3. The maximum Gasteiger partial charge on any atom is 0.472 e. The number of carbonyl (C=O) groups is 3. The monoisotopic (exact) mass is 1750 g/mol. The van der Waals surface area contributed by atoms with Gasteiger partial charge in [-0.1, -0.05) is 401 Å². The van der Waals surface area contributed by atoms with Crippen LogP contribution in [0.1, 0.15) is 380 Å². The van der Waals surface area contributed by atoms with E-state index >= 15 is 0 Å². The lowest BCUT2D eigenvalue weighted by Gasteiger charge is -2.21. The van der Waals surface area contributed by atoms with Crippen molar-refractivity contribution in [3.8, 4) is 0 Å². The second-order valence-corrected chi connectivity index (χ2v) is 34.6. The molecule has 0 aromatic carbocycles. The number of aliphatic hydroxyl groups is 2. The molecule has 0 bridgehead atoms. The van der Waals surface area contributed by atoms with E-state index in [9.17, 15) is 43.5 Å². The van der Waals surface area contributed by atoms with E-state index in [1.54, 1.807) is 0 Å². The Morgan fingerprint density at radius 2 is 0.407 bits per heavy atom. The van der Waals surface area contributed by atoms with Crippen molar-refractivity contribution in [2.24, 2.45) is 0 Å². The maximum absolute atomic E-state index is 13.1. The Morgan fingerprint density at radius 3 is 0.642 bits per heavy atom. The molecule has 0 radical (unpaired) electrons. The van der Waals surface area contributed by atoms with E-state index in [4.69, 9.17) is 32.3 Å². The van der Waals surface area contributed by atoms with Crippen LogP contribution in [0, 0.1) is 0 Å². The molecule has 0 saturated carbocycles. The Morgan fingerprint density at radius 1 is 0.228 bits per heavy atom. The van der Waals surface area contributed by atoms with Crippen LogP contribution in [0.15, 0.2) is 207 Å². The van der Waals surface area contributed by atoms with Crippen LogP contribution in [0.5, 0.6) is 0 Å². The van der Waals surface area contributed by atoms with Gasteiger partial charge in [0.1, 0.15) is 25.4 Å². The molecular weight excluding hydrogens is 1580 g/mol. The first kappa shape index (κ1) is 117. The lowest BCUT2D eigenvalue weighted by Crippen LogP contribution is -2.30. The Labute approximate surface area is 750 Å². The summed E-state index contributed by atoms with van der Waals surface area (Å²) >= 11 is 0. The minimum absolute atomic E-state index is 0.0952. The number of phosphoric ester groups is 2. The molecule has 0 aromatic rings. The molecule has 123 heavy (non-hydrogen) atoms. The molecule has 0 heterocycles. The van der Waals surface area contributed by atoms with Gasteiger partial charge in [0.15, 0.2) is 6.10 Å². The molecule has 0 spiro atoms. The van der Waals surface area contributed by atoms with E-state index in [2.05, 4.69) is 227 Å². The van der Waals surface area contributed by atoms with E-state index in [1.165, 1.54) is 116 Å². The summed E-state index contributed by atoms with van der Waals surface area (Å²) < 4.78 is 61.6. The van der Waals surface area contributed by atoms with Gasteiger partial charge in [-0.05, 0) is 167 Å². The van der Waals surface area contributed by atoms with E-state index in [1.807, 2.05) is 0 Å².